The first kappa shape index (κ1) is 17.2. The number of nitrogens with one attached hydrogen (secondary N) is 1. The molecule has 0 aliphatic rings. The number of hydrogen-bond acceptors (Lipinski definition) is 4. The fraction of sp³-hybridized carbons (Fsp3) is 0.211. The van der Waals surface area contributed by atoms with Crippen LogP contribution in [-0.2, 0) is 11.2 Å². The van der Waals surface area contributed by atoms with Crippen molar-refractivity contribution in [3.63, 3.8) is 0 Å². The van der Waals surface area contributed by atoms with Crippen LogP contribution in [0.1, 0.15) is 30.8 Å². The third-order valence-electron chi connectivity index (χ3n) is 3.82. The van der Waals surface area contributed by atoms with Gasteiger partial charge in [-0.2, -0.15) is 0 Å². The van der Waals surface area contributed by atoms with Gasteiger partial charge in [-0.1, -0.05) is 29.8 Å². The Hall–Kier alpha value is -2.66. The lowest BCUT2D eigenvalue weighted by atomic mass is 10.1. The Balaban J connectivity index is 1.55. The van der Waals surface area contributed by atoms with Crippen molar-refractivity contribution in [2.24, 2.45) is 0 Å². The summed E-state index contributed by atoms with van der Waals surface area (Å²) in [5.41, 5.74) is 1.76. The molecule has 1 amide bonds. The van der Waals surface area contributed by atoms with E-state index in [0.29, 0.717) is 29.5 Å². The second-order valence-electron chi connectivity index (χ2n) is 5.67. The molecule has 1 aromatic carbocycles. The molecule has 0 aliphatic heterocycles. The average molecular weight is 356 g/mol. The van der Waals surface area contributed by atoms with Gasteiger partial charge in [-0.25, -0.2) is 4.98 Å². The van der Waals surface area contributed by atoms with Crippen LogP contribution < -0.4 is 5.32 Å². The number of rotatable bonds is 6. The minimum atomic E-state index is -0.0931. The van der Waals surface area contributed by atoms with Gasteiger partial charge in [0.1, 0.15) is 0 Å². The van der Waals surface area contributed by atoms with Crippen molar-refractivity contribution >= 4 is 17.5 Å². The lowest BCUT2D eigenvalue weighted by molar-refractivity contribution is -0.121. The molecule has 5 nitrogen and oxygen atoms in total. The van der Waals surface area contributed by atoms with E-state index < -0.39 is 0 Å². The summed E-state index contributed by atoms with van der Waals surface area (Å²) in [5, 5.41) is 3.55. The van der Waals surface area contributed by atoms with Crippen LogP contribution in [0.2, 0.25) is 5.02 Å². The Morgan fingerprint density at radius 3 is 2.84 bits per heavy atom. The number of halogens is 1. The second-order valence-corrected chi connectivity index (χ2v) is 6.08. The molecule has 0 saturated carbocycles. The topological polar surface area (TPSA) is 68.0 Å². The number of nitrogens with zero attached hydrogens (tertiary/aromatic N) is 2. The zero-order valence-electron chi connectivity index (χ0n) is 13.8. The van der Waals surface area contributed by atoms with E-state index in [4.69, 9.17) is 16.0 Å². The first-order valence-corrected chi connectivity index (χ1v) is 8.40. The average Bonchev–Trinajstić information content (AvgIpc) is 3.10. The van der Waals surface area contributed by atoms with E-state index in [1.165, 1.54) is 0 Å². The van der Waals surface area contributed by atoms with Crippen LogP contribution in [0.25, 0.3) is 11.3 Å². The van der Waals surface area contributed by atoms with E-state index >= 15 is 0 Å². The number of carbonyl (C=O) groups is 1. The molecule has 2 heterocycles. The zero-order chi connectivity index (χ0) is 17.6. The van der Waals surface area contributed by atoms with Gasteiger partial charge in [-0.05, 0) is 30.7 Å². The predicted molar refractivity (Wildman–Crippen MR) is 96.1 cm³/mol. The summed E-state index contributed by atoms with van der Waals surface area (Å²) in [7, 11) is 0. The Kier molecular flexibility index (Phi) is 5.46. The molecular formula is C19H18ClN3O2. The number of oxazole rings is 1. The van der Waals surface area contributed by atoms with Crippen LogP contribution in [0, 0.1) is 0 Å². The smallest absolute Gasteiger partial charge is 0.220 e. The van der Waals surface area contributed by atoms with E-state index in [0.717, 1.165) is 11.1 Å². The van der Waals surface area contributed by atoms with Crippen molar-refractivity contribution in [3.05, 3.63) is 71.5 Å². The van der Waals surface area contributed by atoms with E-state index in [1.807, 2.05) is 37.3 Å². The number of pyridine rings is 1. The Morgan fingerprint density at radius 1 is 1.24 bits per heavy atom. The number of aryl methyl sites for hydroxylation is 1. The highest BCUT2D eigenvalue weighted by molar-refractivity contribution is 6.33. The molecule has 0 bridgehead atoms. The highest BCUT2D eigenvalue weighted by atomic mass is 35.5. The van der Waals surface area contributed by atoms with Gasteiger partial charge in [-0.15, -0.1) is 0 Å². The van der Waals surface area contributed by atoms with Gasteiger partial charge in [0.25, 0.3) is 0 Å². The molecule has 0 radical (unpaired) electrons. The summed E-state index contributed by atoms with van der Waals surface area (Å²) in [6, 6.07) is 11.1. The quantitative estimate of drug-likeness (QED) is 0.719. The van der Waals surface area contributed by atoms with E-state index in [-0.39, 0.29) is 11.9 Å². The summed E-state index contributed by atoms with van der Waals surface area (Å²) in [4.78, 5) is 20.4. The molecule has 2 aromatic heterocycles. The van der Waals surface area contributed by atoms with Crippen molar-refractivity contribution in [1.29, 1.82) is 0 Å². The highest BCUT2D eigenvalue weighted by Gasteiger charge is 2.13. The molecule has 25 heavy (non-hydrogen) atoms. The van der Waals surface area contributed by atoms with E-state index in [1.54, 1.807) is 24.7 Å². The van der Waals surface area contributed by atoms with Crippen molar-refractivity contribution in [1.82, 2.24) is 15.3 Å². The molecule has 3 rings (SSSR count). The van der Waals surface area contributed by atoms with Crippen LogP contribution in [0.5, 0.6) is 0 Å². The SMILES string of the molecule is C[C@@H](NC(=O)CCc1ncc(-c2ccccc2Cl)o1)c1cccnc1. The number of carbonyl (C=O) groups excluding carboxylic acids is 1. The summed E-state index contributed by atoms with van der Waals surface area (Å²) in [5.74, 6) is 1.05. The molecular weight excluding hydrogens is 338 g/mol. The number of aromatic nitrogens is 2. The highest BCUT2D eigenvalue weighted by Crippen LogP contribution is 2.28. The van der Waals surface area contributed by atoms with Crippen molar-refractivity contribution in [3.8, 4) is 11.3 Å². The van der Waals surface area contributed by atoms with Crippen LogP contribution >= 0.6 is 11.6 Å². The maximum atomic E-state index is 12.1. The Bertz CT molecular complexity index is 849. The first-order chi connectivity index (χ1) is 12.1. The molecule has 6 heteroatoms. The van der Waals surface area contributed by atoms with Crippen LogP contribution in [-0.4, -0.2) is 15.9 Å². The normalized spacial score (nSPS) is 11.9. The van der Waals surface area contributed by atoms with E-state index in [2.05, 4.69) is 15.3 Å². The molecule has 0 spiro atoms. The summed E-state index contributed by atoms with van der Waals surface area (Å²) >= 11 is 6.15. The maximum Gasteiger partial charge on any atom is 0.220 e. The molecule has 0 fully saturated rings. The van der Waals surface area contributed by atoms with Crippen LogP contribution in [0.15, 0.2) is 59.4 Å². The lowest BCUT2D eigenvalue weighted by Crippen LogP contribution is -2.26. The van der Waals surface area contributed by atoms with Crippen molar-refractivity contribution in [2.75, 3.05) is 0 Å². The van der Waals surface area contributed by atoms with Gasteiger partial charge in [-0.3, -0.25) is 9.78 Å². The molecule has 128 valence electrons. The summed E-state index contributed by atoms with van der Waals surface area (Å²) < 4.78 is 5.70. The third-order valence-corrected chi connectivity index (χ3v) is 4.15. The molecule has 0 saturated heterocycles. The number of amides is 1. The molecule has 1 N–H and O–H groups in total. The van der Waals surface area contributed by atoms with Gasteiger partial charge in [0.15, 0.2) is 11.7 Å². The fourth-order valence-electron chi connectivity index (χ4n) is 2.46. The fourth-order valence-corrected chi connectivity index (χ4v) is 2.69. The van der Waals surface area contributed by atoms with Crippen molar-refractivity contribution in [2.45, 2.75) is 25.8 Å². The van der Waals surface area contributed by atoms with Crippen LogP contribution in [0.4, 0.5) is 0 Å². The van der Waals surface area contributed by atoms with E-state index in [9.17, 15) is 4.79 Å². The van der Waals surface area contributed by atoms with Crippen molar-refractivity contribution < 1.29 is 9.21 Å². The minimum Gasteiger partial charge on any atom is -0.441 e. The molecule has 3 aromatic rings. The monoisotopic (exact) mass is 355 g/mol. The molecule has 0 unspecified atom stereocenters. The zero-order valence-corrected chi connectivity index (χ0v) is 14.5. The van der Waals surface area contributed by atoms with Gasteiger partial charge in [0.05, 0.1) is 17.3 Å². The molecule has 0 aliphatic carbocycles. The standard InChI is InChI=1S/C19H18ClN3O2/c1-13(14-5-4-10-21-11-14)23-18(24)8-9-19-22-12-17(25-19)15-6-2-3-7-16(15)20/h2-7,10-13H,8-9H2,1H3,(H,23,24)/t13-/m1/s1. The van der Waals surface area contributed by atoms with Gasteiger partial charge < -0.3 is 9.73 Å². The van der Waals surface area contributed by atoms with Crippen LogP contribution in [0.3, 0.4) is 0 Å². The minimum absolute atomic E-state index is 0.0613. The summed E-state index contributed by atoms with van der Waals surface area (Å²) in [6.07, 6.45) is 5.81. The Labute approximate surface area is 151 Å². The number of benzene rings is 1. The van der Waals surface area contributed by atoms with Gasteiger partial charge in [0.2, 0.25) is 5.91 Å². The second kappa shape index (κ2) is 7.94. The molecule has 1 atom stereocenters. The lowest BCUT2D eigenvalue weighted by Gasteiger charge is -2.13. The number of hydrogen-bond donors (Lipinski definition) is 1. The first-order valence-electron chi connectivity index (χ1n) is 8.02. The Morgan fingerprint density at radius 2 is 2.08 bits per heavy atom. The third kappa shape index (κ3) is 4.45. The predicted octanol–water partition coefficient (Wildman–Crippen LogP) is 4.20. The largest absolute Gasteiger partial charge is 0.441 e. The maximum absolute atomic E-state index is 12.1. The van der Waals surface area contributed by atoms with Gasteiger partial charge in [0, 0.05) is 30.8 Å². The van der Waals surface area contributed by atoms with Gasteiger partial charge >= 0.3 is 0 Å². The summed E-state index contributed by atoms with van der Waals surface area (Å²) in [6.45, 7) is 1.93.